The molecule has 0 atom stereocenters. The molecule has 0 saturated heterocycles. The van der Waals surface area contributed by atoms with Crippen LogP contribution >= 0.6 is 11.6 Å². The van der Waals surface area contributed by atoms with E-state index < -0.39 is 0 Å². The van der Waals surface area contributed by atoms with Gasteiger partial charge in [-0.05, 0) is 50.2 Å². The van der Waals surface area contributed by atoms with E-state index in [0.717, 1.165) is 33.3 Å². The molecule has 0 aliphatic heterocycles. The van der Waals surface area contributed by atoms with E-state index in [1.807, 2.05) is 54.7 Å². The third-order valence-electron chi connectivity index (χ3n) is 3.65. The quantitative estimate of drug-likeness (QED) is 0.569. The van der Waals surface area contributed by atoms with E-state index in [9.17, 15) is 0 Å². The minimum absolute atomic E-state index is 0.740. The largest absolute Gasteiger partial charge is 0.318 e. The third kappa shape index (κ3) is 2.97. The van der Waals surface area contributed by atoms with Crippen LogP contribution in [0.4, 0.5) is 5.69 Å². The molecule has 1 heterocycles. The highest BCUT2D eigenvalue weighted by Crippen LogP contribution is 2.22. The molecule has 0 unspecified atom stereocenters. The van der Waals surface area contributed by atoms with Crippen molar-refractivity contribution in [2.75, 3.05) is 0 Å². The van der Waals surface area contributed by atoms with Crippen LogP contribution in [0.15, 0.2) is 65.7 Å². The van der Waals surface area contributed by atoms with Gasteiger partial charge in [0.15, 0.2) is 0 Å². The molecule has 0 bridgehead atoms. The zero-order valence-electron chi connectivity index (χ0n) is 12.6. The van der Waals surface area contributed by atoms with Gasteiger partial charge in [-0.25, -0.2) is 0 Å². The number of nitrogens with zero attached hydrogens (tertiary/aromatic N) is 2. The molecule has 0 spiro atoms. The van der Waals surface area contributed by atoms with E-state index in [0.29, 0.717) is 0 Å². The maximum atomic E-state index is 6.11. The van der Waals surface area contributed by atoms with Crippen molar-refractivity contribution in [1.29, 1.82) is 0 Å². The molecular formula is C19H17ClN2. The fourth-order valence-corrected chi connectivity index (χ4v) is 2.77. The van der Waals surface area contributed by atoms with Crippen molar-refractivity contribution < 1.29 is 0 Å². The second kappa shape index (κ2) is 6.20. The predicted molar refractivity (Wildman–Crippen MR) is 93.9 cm³/mol. The van der Waals surface area contributed by atoms with Crippen molar-refractivity contribution in [2.24, 2.45) is 4.99 Å². The van der Waals surface area contributed by atoms with Crippen molar-refractivity contribution in [3.05, 3.63) is 82.6 Å². The maximum Gasteiger partial charge on any atom is 0.0629 e. The maximum absolute atomic E-state index is 6.11. The lowest BCUT2D eigenvalue weighted by atomic mass is 10.2. The summed E-state index contributed by atoms with van der Waals surface area (Å²) < 4.78 is 2.19. The van der Waals surface area contributed by atoms with Crippen molar-refractivity contribution in [3.63, 3.8) is 0 Å². The van der Waals surface area contributed by atoms with Gasteiger partial charge in [-0.1, -0.05) is 35.9 Å². The van der Waals surface area contributed by atoms with Gasteiger partial charge in [0.25, 0.3) is 0 Å². The Labute approximate surface area is 135 Å². The number of halogens is 1. The molecule has 2 aromatic carbocycles. The Hall–Kier alpha value is -2.32. The smallest absolute Gasteiger partial charge is 0.0629 e. The summed E-state index contributed by atoms with van der Waals surface area (Å²) in [6.45, 7) is 4.19. The fourth-order valence-electron chi connectivity index (χ4n) is 2.59. The van der Waals surface area contributed by atoms with Gasteiger partial charge in [-0.3, -0.25) is 4.99 Å². The number of aryl methyl sites for hydroxylation is 1. The van der Waals surface area contributed by atoms with Crippen LogP contribution in [0.3, 0.4) is 0 Å². The topological polar surface area (TPSA) is 17.3 Å². The minimum atomic E-state index is 0.740. The number of aromatic nitrogens is 1. The first-order valence-corrected chi connectivity index (χ1v) is 7.57. The number of hydrogen-bond acceptors (Lipinski definition) is 1. The van der Waals surface area contributed by atoms with Crippen LogP contribution < -0.4 is 0 Å². The van der Waals surface area contributed by atoms with Crippen molar-refractivity contribution in [2.45, 2.75) is 13.8 Å². The highest BCUT2D eigenvalue weighted by atomic mass is 35.5. The molecule has 3 aromatic rings. The monoisotopic (exact) mass is 308 g/mol. The molecule has 2 nitrogen and oxygen atoms in total. The first-order chi connectivity index (χ1) is 10.6. The number of hydrogen-bond donors (Lipinski definition) is 0. The Morgan fingerprint density at radius 3 is 2.45 bits per heavy atom. The lowest BCUT2D eigenvalue weighted by Gasteiger charge is -2.09. The van der Waals surface area contributed by atoms with E-state index in [-0.39, 0.29) is 0 Å². The first-order valence-electron chi connectivity index (χ1n) is 7.19. The number of benzene rings is 2. The lowest BCUT2D eigenvalue weighted by molar-refractivity contribution is 0.965. The Bertz CT molecular complexity index is 817. The van der Waals surface area contributed by atoms with Gasteiger partial charge in [-0.15, -0.1) is 0 Å². The van der Waals surface area contributed by atoms with Gasteiger partial charge < -0.3 is 4.57 Å². The Balaban J connectivity index is 1.99. The highest BCUT2D eigenvalue weighted by Gasteiger charge is 2.09. The van der Waals surface area contributed by atoms with Gasteiger partial charge in [-0.2, -0.15) is 0 Å². The zero-order valence-corrected chi connectivity index (χ0v) is 13.4. The van der Waals surface area contributed by atoms with Gasteiger partial charge in [0.1, 0.15) is 0 Å². The molecule has 0 amide bonds. The SMILES string of the molecule is Cc1cc(C=Nc2ccccc2)c(C)n1-c1cccc(Cl)c1. The van der Waals surface area contributed by atoms with E-state index in [2.05, 4.69) is 35.5 Å². The highest BCUT2D eigenvalue weighted by molar-refractivity contribution is 6.30. The van der Waals surface area contributed by atoms with Crippen LogP contribution in [0.2, 0.25) is 5.02 Å². The Morgan fingerprint density at radius 1 is 0.955 bits per heavy atom. The molecule has 1 aromatic heterocycles. The Kier molecular flexibility index (Phi) is 4.12. The van der Waals surface area contributed by atoms with Gasteiger partial charge in [0, 0.05) is 33.9 Å². The average molecular weight is 309 g/mol. The van der Waals surface area contributed by atoms with Gasteiger partial charge in [0.2, 0.25) is 0 Å². The molecular weight excluding hydrogens is 292 g/mol. The first kappa shape index (κ1) is 14.6. The number of aliphatic imine (C=N–C) groups is 1. The molecule has 0 N–H and O–H groups in total. The summed E-state index contributed by atoms with van der Waals surface area (Å²) in [5.74, 6) is 0. The zero-order chi connectivity index (χ0) is 15.5. The molecule has 0 aliphatic rings. The van der Waals surface area contributed by atoms with Crippen molar-refractivity contribution in [3.8, 4) is 5.69 Å². The second-order valence-electron chi connectivity index (χ2n) is 5.24. The summed E-state index contributed by atoms with van der Waals surface area (Å²) in [4.78, 5) is 4.54. The van der Waals surface area contributed by atoms with E-state index >= 15 is 0 Å². The van der Waals surface area contributed by atoms with Crippen LogP contribution in [0, 0.1) is 13.8 Å². The standard InChI is InChI=1S/C19H17ClN2/c1-14-11-16(13-21-18-8-4-3-5-9-18)15(2)22(14)19-10-6-7-17(20)12-19/h3-13H,1-2H3. The molecule has 3 rings (SSSR count). The molecule has 0 saturated carbocycles. The molecule has 110 valence electrons. The molecule has 3 heteroatoms. The second-order valence-corrected chi connectivity index (χ2v) is 5.67. The van der Waals surface area contributed by atoms with Crippen LogP contribution in [0.1, 0.15) is 17.0 Å². The lowest BCUT2D eigenvalue weighted by Crippen LogP contribution is -1.99. The van der Waals surface area contributed by atoms with Crippen LogP contribution in [0.25, 0.3) is 5.69 Å². The summed E-state index contributed by atoms with van der Waals surface area (Å²) in [5.41, 5.74) is 5.45. The van der Waals surface area contributed by atoms with Gasteiger partial charge >= 0.3 is 0 Å². The predicted octanol–water partition coefficient (Wildman–Crippen LogP) is 5.50. The summed E-state index contributed by atoms with van der Waals surface area (Å²) in [6, 6.07) is 20.0. The summed E-state index contributed by atoms with van der Waals surface area (Å²) in [6.07, 6.45) is 1.92. The van der Waals surface area contributed by atoms with Crippen molar-refractivity contribution in [1.82, 2.24) is 4.57 Å². The van der Waals surface area contributed by atoms with E-state index in [1.54, 1.807) is 0 Å². The average Bonchev–Trinajstić information content (AvgIpc) is 2.80. The summed E-state index contributed by atoms with van der Waals surface area (Å²) >= 11 is 6.11. The fraction of sp³-hybridized carbons (Fsp3) is 0.105. The van der Waals surface area contributed by atoms with E-state index in [4.69, 9.17) is 11.6 Å². The Morgan fingerprint density at radius 2 is 1.73 bits per heavy atom. The van der Waals surface area contributed by atoms with E-state index in [1.165, 1.54) is 0 Å². The molecule has 0 fully saturated rings. The van der Waals surface area contributed by atoms with Crippen molar-refractivity contribution >= 4 is 23.5 Å². The normalized spacial score (nSPS) is 11.2. The number of para-hydroxylation sites is 1. The van der Waals surface area contributed by atoms with Gasteiger partial charge in [0.05, 0.1) is 5.69 Å². The third-order valence-corrected chi connectivity index (χ3v) is 3.88. The summed E-state index contributed by atoms with van der Waals surface area (Å²) in [7, 11) is 0. The molecule has 0 radical (unpaired) electrons. The minimum Gasteiger partial charge on any atom is -0.318 e. The van der Waals surface area contributed by atoms with Crippen LogP contribution in [-0.4, -0.2) is 10.8 Å². The number of rotatable bonds is 3. The molecule has 22 heavy (non-hydrogen) atoms. The van der Waals surface area contributed by atoms with Crippen LogP contribution in [0.5, 0.6) is 0 Å². The van der Waals surface area contributed by atoms with Crippen LogP contribution in [-0.2, 0) is 0 Å². The molecule has 0 aliphatic carbocycles. The summed E-state index contributed by atoms with van der Waals surface area (Å²) in [5, 5.41) is 0.740.